The van der Waals surface area contributed by atoms with E-state index in [1.807, 2.05) is 30.3 Å². The predicted molar refractivity (Wildman–Crippen MR) is 89.2 cm³/mol. The van der Waals surface area contributed by atoms with Gasteiger partial charge in [-0.2, -0.15) is 0 Å². The van der Waals surface area contributed by atoms with Crippen LogP contribution in [0.25, 0.3) is 0 Å². The van der Waals surface area contributed by atoms with Crippen molar-refractivity contribution in [3.8, 4) is 0 Å². The summed E-state index contributed by atoms with van der Waals surface area (Å²) in [6.07, 6.45) is 4.33. The Hall–Kier alpha value is -1.45. The van der Waals surface area contributed by atoms with Crippen LogP contribution in [0.15, 0.2) is 46.9 Å². The molecule has 0 N–H and O–H groups in total. The number of benzene rings is 2. The van der Waals surface area contributed by atoms with Crippen molar-refractivity contribution in [3.05, 3.63) is 69.2 Å². The Bertz CT molecular complexity index is 721. The van der Waals surface area contributed by atoms with Gasteiger partial charge in [0.15, 0.2) is 11.9 Å². The lowest BCUT2D eigenvalue weighted by Gasteiger charge is -2.16. The molecule has 22 heavy (non-hydrogen) atoms. The van der Waals surface area contributed by atoms with E-state index in [1.165, 1.54) is 24.0 Å². The van der Waals surface area contributed by atoms with Crippen LogP contribution in [0, 0.1) is 0 Å². The number of carbonyl (C=O) groups is 1. The van der Waals surface area contributed by atoms with Crippen molar-refractivity contribution in [1.29, 1.82) is 0 Å². The first kappa shape index (κ1) is 14.2. The molecule has 0 aromatic heterocycles. The van der Waals surface area contributed by atoms with Crippen LogP contribution in [0.3, 0.4) is 0 Å². The summed E-state index contributed by atoms with van der Waals surface area (Å²) in [5.74, 6) is 0.112. The molecule has 1 aliphatic carbocycles. The Morgan fingerprint density at radius 3 is 2.50 bits per heavy atom. The molecule has 2 aromatic rings. The Morgan fingerprint density at radius 2 is 1.73 bits per heavy atom. The Labute approximate surface area is 138 Å². The lowest BCUT2D eigenvalue weighted by molar-refractivity contribution is 0.0953. The molecule has 0 amide bonds. The number of carbonyl (C=O) groups excluding carboxylic acids is 1. The number of rotatable bonds is 3. The van der Waals surface area contributed by atoms with E-state index in [0.29, 0.717) is 0 Å². The van der Waals surface area contributed by atoms with Crippen LogP contribution in [0.5, 0.6) is 0 Å². The third kappa shape index (κ3) is 2.64. The van der Waals surface area contributed by atoms with Gasteiger partial charge in [0.1, 0.15) is 6.10 Å². The van der Waals surface area contributed by atoms with Gasteiger partial charge in [-0.25, -0.2) is 0 Å². The fourth-order valence-electron chi connectivity index (χ4n) is 3.27. The fraction of sp³-hybridized carbons (Fsp3) is 0.316. The maximum absolute atomic E-state index is 12.6. The molecule has 0 spiro atoms. The number of ether oxygens (including phenoxy) is 1. The molecule has 0 radical (unpaired) electrons. The Kier molecular flexibility index (Phi) is 3.63. The summed E-state index contributed by atoms with van der Waals surface area (Å²) >= 11 is 3.42. The van der Waals surface area contributed by atoms with Crippen LogP contribution in [0.4, 0.5) is 0 Å². The Balaban J connectivity index is 1.52. The summed E-state index contributed by atoms with van der Waals surface area (Å²) in [6.45, 7) is 0. The second-order valence-electron chi connectivity index (χ2n) is 6.08. The van der Waals surface area contributed by atoms with Gasteiger partial charge in [0.25, 0.3) is 0 Å². The summed E-state index contributed by atoms with van der Waals surface area (Å²) in [7, 11) is 0. The standard InChI is InChI=1S/C19H17BrO2/c20-16-9-7-13(8-10-16)18-19(22-18)17(21)15-6-5-12-3-1-2-4-14(12)11-15/h5-11,18-19H,1-4H2. The zero-order valence-electron chi connectivity index (χ0n) is 12.2. The van der Waals surface area contributed by atoms with Gasteiger partial charge in [-0.15, -0.1) is 0 Å². The van der Waals surface area contributed by atoms with Gasteiger partial charge in [-0.3, -0.25) is 4.79 Å². The summed E-state index contributed by atoms with van der Waals surface area (Å²) in [5, 5.41) is 0. The largest absolute Gasteiger partial charge is 0.356 e. The molecule has 2 nitrogen and oxygen atoms in total. The molecular formula is C19H17BrO2. The first-order valence-electron chi connectivity index (χ1n) is 7.79. The number of hydrogen-bond donors (Lipinski definition) is 0. The number of fused-ring (bicyclic) bond motifs is 1. The molecule has 3 heteroatoms. The van der Waals surface area contributed by atoms with E-state index in [0.717, 1.165) is 28.4 Å². The third-order valence-electron chi connectivity index (χ3n) is 4.58. The third-order valence-corrected chi connectivity index (χ3v) is 5.11. The molecule has 1 saturated heterocycles. The number of epoxide rings is 1. The smallest absolute Gasteiger partial charge is 0.194 e. The summed E-state index contributed by atoms with van der Waals surface area (Å²) in [5.41, 5.74) is 4.62. The summed E-state index contributed by atoms with van der Waals surface area (Å²) in [6, 6.07) is 14.2. The van der Waals surface area contributed by atoms with Crippen LogP contribution in [0.1, 0.15) is 46.0 Å². The van der Waals surface area contributed by atoms with E-state index in [2.05, 4.69) is 28.1 Å². The van der Waals surface area contributed by atoms with Crippen molar-refractivity contribution in [3.63, 3.8) is 0 Å². The number of ketones is 1. The first-order chi connectivity index (χ1) is 10.7. The minimum atomic E-state index is -0.317. The molecule has 2 aromatic carbocycles. The van der Waals surface area contributed by atoms with E-state index >= 15 is 0 Å². The fourth-order valence-corrected chi connectivity index (χ4v) is 3.53. The molecule has 0 saturated carbocycles. The highest BCUT2D eigenvalue weighted by molar-refractivity contribution is 9.10. The van der Waals surface area contributed by atoms with Gasteiger partial charge in [-0.1, -0.05) is 40.2 Å². The second-order valence-corrected chi connectivity index (χ2v) is 7.00. The molecule has 1 aliphatic heterocycles. The van der Waals surface area contributed by atoms with Crippen LogP contribution in [-0.4, -0.2) is 11.9 Å². The van der Waals surface area contributed by atoms with Crippen molar-refractivity contribution < 1.29 is 9.53 Å². The maximum atomic E-state index is 12.6. The molecule has 2 atom stereocenters. The Morgan fingerprint density at radius 1 is 1.00 bits per heavy atom. The molecule has 1 heterocycles. The molecule has 112 valence electrons. The lowest BCUT2D eigenvalue weighted by atomic mass is 9.89. The van der Waals surface area contributed by atoms with Gasteiger partial charge < -0.3 is 4.74 Å². The van der Waals surface area contributed by atoms with Crippen molar-refractivity contribution in [2.24, 2.45) is 0 Å². The van der Waals surface area contributed by atoms with Crippen molar-refractivity contribution >= 4 is 21.7 Å². The van der Waals surface area contributed by atoms with Crippen molar-refractivity contribution in [1.82, 2.24) is 0 Å². The van der Waals surface area contributed by atoms with Crippen LogP contribution in [0.2, 0.25) is 0 Å². The van der Waals surface area contributed by atoms with Gasteiger partial charge >= 0.3 is 0 Å². The zero-order valence-corrected chi connectivity index (χ0v) is 13.8. The predicted octanol–water partition coefficient (Wildman–Crippen LogP) is 4.65. The average molecular weight is 357 g/mol. The summed E-state index contributed by atoms with van der Waals surface area (Å²) < 4.78 is 6.67. The minimum Gasteiger partial charge on any atom is -0.356 e. The van der Waals surface area contributed by atoms with Crippen molar-refractivity contribution in [2.75, 3.05) is 0 Å². The van der Waals surface area contributed by atoms with Crippen molar-refractivity contribution in [2.45, 2.75) is 37.9 Å². The molecule has 1 fully saturated rings. The first-order valence-corrected chi connectivity index (χ1v) is 8.58. The second kappa shape index (κ2) is 5.64. The normalized spacial score (nSPS) is 23.0. The van der Waals surface area contributed by atoms with Gasteiger partial charge in [-0.05, 0) is 60.6 Å². The van der Waals surface area contributed by atoms with Gasteiger partial charge in [0.05, 0.1) is 0 Å². The number of aryl methyl sites for hydroxylation is 2. The number of halogens is 1. The number of Topliss-reactive ketones (excluding diaryl/α,β-unsaturated/α-hetero) is 1. The van der Waals surface area contributed by atoms with Crippen LogP contribution in [-0.2, 0) is 17.6 Å². The van der Waals surface area contributed by atoms with E-state index in [4.69, 9.17) is 4.74 Å². The average Bonchev–Trinajstić information content (AvgIpc) is 3.35. The number of hydrogen-bond acceptors (Lipinski definition) is 2. The maximum Gasteiger partial charge on any atom is 0.194 e. The highest BCUT2D eigenvalue weighted by Crippen LogP contribution is 2.41. The zero-order chi connectivity index (χ0) is 15.1. The van der Waals surface area contributed by atoms with Gasteiger partial charge in [0, 0.05) is 10.0 Å². The van der Waals surface area contributed by atoms with E-state index in [9.17, 15) is 4.79 Å². The lowest BCUT2D eigenvalue weighted by Crippen LogP contribution is -2.11. The molecule has 2 aliphatic rings. The van der Waals surface area contributed by atoms with Crippen LogP contribution < -0.4 is 0 Å². The molecule has 4 rings (SSSR count). The quantitative estimate of drug-likeness (QED) is 0.591. The highest BCUT2D eigenvalue weighted by Gasteiger charge is 2.46. The molecule has 0 bridgehead atoms. The van der Waals surface area contributed by atoms with E-state index in [1.54, 1.807) is 0 Å². The molecular weight excluding hydrogens is 340 g/mol. The summed E-state index contributed by atoms with van der Waals surface area (Å²) in [4.78, 5) is 12.6. The van der Waals surface area contributed by atoms with E-state index in [-0.39, 0.29) is 18.0 Å². The highest BCUT2D eigenvalue weighted by atomic mass is 79.9. The SMILES string of the molecule is O=C(c1ccc2c(c1)CCCC2)C1OC1c1ccc(Br)cc1. The van der Waals surface area contributed by atoms with Gasteiger partial charge in [0.2, 0.25) is 0 Å². The molecule has 2 unspecified atom stereocenters. The van der Waals surface area contributed by atoms with E-state index < -0.39 is 0 Å². The van der Waals surface area contributed by atoms with Crippen LogP contribution >= 0.6 is 15.9 Å². The monoisotopic (exact) mass is 356 g/mol. The minimum absolute atomic E-state index is 0.0865. The topological polar surface area (TPSA) is 29.6 Å².